The standard InChI is InChI=1S/C20H31ClN2O3/c1-25-19-11-15(18(21)12-20(19)26-2)13-22-8-9-23(16-5-3-4-6-16)17(14-22)7-10-24/h11-12,16-17,24H,3-10,13-14H2,1-2H3/t17-/m1/s1. The van der Waals surface area contributed by atoms with Crippen LogP contribution >= 0.6 is 11.6 Å². The summed E-state index contributed by atoms with van der Waals surface area (Å²) in [7, 11) is 3.27. The second-order valence-electron chi connectivity index (χ2n) is 7.38. The highest BCUT2D eigenvalue weighted by molar-refractivity contribution is 6.31. The van der Waals surface area contributed by atoms with Crippen LogP contribution in [0, 0.1) is 0 Å². The maximum Gasteiger partial charge on any atom is 0.162 e. The first-order valence-corrected chi connectivity index (χ1v) is 10.0. The van der Waals surface area contributed by atoms with Crippen LogP contribution in [0.25, 0.3) is 0 Å². The zero-order valence-electron chi connectivity index (χ0n) is 15.9. The number of piperazine rings is 1. The fourth-order valence-corrected chi connectivity index (χ4v) is 4.67. The molecule has 5 nitrogen and oxygen atoms in total. The summed E-state index contributed by atoms with van der Waals surface area (Å²) in [4.78, 5) is 5.09. The molecule has 1 aliphatic heterocycles. The van der Waals surface area contributed by atoms with Crippen LogP contribution < -0.4 is 9.47 Å². The molecule has 3 rings (SSSR count). The molecule has 1 atom stereocenters. The molecule has 1 aromatic rings. The van der Waals surface area contributed by atoms with Gasteiger partial charge in [0.15, 0.2) is 11.5 Å². The van der Waals surface area contributed by atoms with Crippen molar-refractivity contribution >= 4 is 11.6 Å². The van der Waals surface area contributed by atoms with Gasteiger partial charge in [0.1, 0.15) is 0 Å². The van der Waals surface area contributed by atoms with E-state index in [0.717, 1.165) is 38.2 Å². The lowest BCUT2D eigenvalue weighted by Crippen LogP contribution is -2.56. The van der Waals surface area contributed by atoms with Crippen LogP contribution in [0.2, 0.25) is 5.02 Å². The van der Waals surface area contributed by atoms with Gasteiger partial charge in [0.05, 0.1) is 14.2 Å². The second kappa shape index (κ2) is 9.27. The van der Waals surface area contributed by atoms with E-state index in [1.165, 1.54) is 25.7 Å². The molecule has 2 aliphatic rings. The van der Waals surface area contributed by atoms with Crippen molar-refractivity contribution in [3.05, 3.63) is 22.7 Å². The summed E-state index contributed by atoms with van der Waals surface area (Å²) in [6, 6.07) is 4.94. The highest BCUT2D eigenvalue weighted by atomic mass is 35.5. The fourth-order valence-electron chi connectivity index (χ4n) is 4.46. The number of rotatable bonds is 7. The van der Waals surface area contributed by atoms with Gasteiger partial charge in [0.25, 0.3) is 0 Å². The Kier molecular flexibility index (Phi) is 7.04. The lowest BCUT2D eigenvalue weighted by Gasteiger charge is -2.44. The molecule has 1 saturated heterocycles. The lowest BCUT2D eigenvalue weighted by molar-refractivity contribution is 0.0267. The average Bonchev–Trinajstić information content (AvgIpc) is 3.18. The van der Waals surface area contributed by atoms with Gasteiger partial charge in [-0.15, -0.1) is 0 Å². The smallest absolute Gasteiger partial charge is 0.162 e. The topological polar surface area (TPSA) is 45.2 Å². The summed E-state index contributed by atoms with van der Waals surface area (Å²) in [5.74, 6) is 1.37. The third-order valence-corrected chi connectivity index (χ3v) is 6.17. The van der Waals surface area contributed by atoms with Crippen LogP contribution in [-0.2, 0) is 6.54 Å². The zero-order chi connectivity index (χ0) is 18.5. The zero-order valence-corrected chi connectivity index (χ0v) is 16.7. The Labute approximate surface area is 161 Å². The van der Waals surface area contributed by atoms with Gasteiger partial charge in [-0.05, 0) is 30.9 Å². The summed E-state index contributed by atoms with van der Waals surface area (Å²) < 4.78 is 10.7. The number of ether oxygens (including phenoxy) is 2. The van der Waals surface area contributed by atoms with E-state index in [9.17, 15) is 5.11 Å². The third-order valence-electron chi connectivity index (χ3n) is 5.81. The summed E-state index contributed by atoms with van der Waals surface area (Å²) in [6.45, 7) is 4.11. The van der Waals surface area contributed by atoms with Crippen molar-refractivity contribution in [1.82, 2.24) is 9.80 Å². The van der Waals surface area contributed by atoms with Crippen LogP contribution in [0.4, 0.5) is 0 Å². The molecule has 1 N–H and O–H groups in total. The number of hydrogen-bond acceptors (Lipinski definition) is 5. The van der Waals surface area contributed by atoms with E-state index in [2.05, 4.69) is 9.80 Å². The third kappa shape index (κ3) is 4.45. The molecule has 0 unspecified atom stereocenters. The first-order chi connectivity index (χ1) is 12.7. The van der Waals surface area contributed by atoms with Crippen molar-refractivity contribution < 1.29 is 14.6 Å². The summed E-state index contributed by atoms with van der Waals surface area (Å²) in [6.07, 6.45) is 6.15. The Morgan fingerprint density at radius 2 is 1.81 bits per heavy atom. The average molecular weight is 383 g/mol. The first-order valence-electron chi connectivity index (χ1n) is 9.65. The monoisotopic (exact) mass is 382 g/mol. The van der Waals surface area contributed by atoms with Gasteiger partial charge in [-0.3, -0.25) is 9.80 Å². The molecule has 0 radical (unpaired) electrons. The molecule has 26 heavy (non-hydrogen) atoms. The van der Waals surface area contributed by atoms with Gasteiger partial charge in [-0.25, -0.2) is 0 Å². The van der Waals surface area contributed by atoms with Crippen molar-refractivity contribution in [2.24, 2.45) is 0 Å². The number of nitrogens with zero attached hydrogens (tertiary/aromatic N) is 2. The van der Waals surface area contributed by atoms with Gasteiger partial charge < -0.3 is 14.6 Å². The Morgan fingerprint density at radius 1 is 1.12 bits per heavy atom. The van der Waals surface area contributed by atoms with E-state index < -0.39 is 0 Å². The number of aliphatic hydroxyl groups is 1. The van der Waals surface area contributed by atoms with E-state index in [0.29, 0.717) is 28.6 Å². The van der Waals surface area contributed by atoms with E-state index in [1.54, 1.807) is 14.2 Å². The maximum atomic E-state index is 9.53. The van der Waals surface area contributed by atoms with Crippen LogP contribution in [0.5, 0.6) is 11.5 Å². The minimum Gasteiger partial charge on any atom is -0.493 e. The van der Waals surface area contributed by atoms with Gasteiger partial charge in [0, 0.05) is 56.0 Å². The molecule has 0 aromatic heterocycles. The SMILES string of the molecule is COc1cc(Cl)c(CN2CCN(C3CCCC3)[C@H](CCO)C2)cc1OC. The normalized spacial score (nSPS) is 22.7. The highest BCUT2D eigenvalue weighted by Crippen LogP contribution is 2.34. The molecule has 0 spiro atoms. The van der Waals surface area contributed by atoms with Crippen LogP contribution in [0.1, 0.15) is 37.7 Å². The van der Waals surface area contributed by atoms with E-state index in [4.69, 9.17) is 21.1 Å². The van der Waals surface area contributed by atoms with E-state index >= 15 is 0 Å². The maximum absolute atomic E-state index is 9.53. The highest BCUT2D eigenvalue weighted by Gasteiger charge is 2.33. The molecule has 146 valence electrons. The minimum atomic E-state index is 0.249. The minimum absolute atomic E-state index is 0.249. The molecule has 0 bridgehead atoms. The van der Waals surface area contributed by atoms with Crippen molar-refractivity contribution in [3.63, 3.8) is 0 Å². The summed E-state index contributed by atoms with van der Waals surface area (Å²) >= 11 is 6.47. The Bertz CT molecular complexity index is 593. The van der Waals surface area contributed by atoms with E-state index in [1.807, 2.05) is 12.1 Å². The molecular weight excluding hydrogens is 352 g/mol. The Morgan fingerprint density at radius 3 is 2.46 bits per heavy atom. The summed E-state index contributed by atoms with van der Waals surface area (Å²) in [5.41, 5.74) is 1.06. The summed E-state index contributed by atoms with van der Waals surface area (Å²) in [5, 5.41) is 10.2. The predicted octanol–water partition coefficient (Wildman–Crippen LogP) is 3.17. The van der Waals surface area contributed by atoms with Crippen molar-refractivity contribution in [1.29, 1.82) is 0 Å². The van der Waals surface area contributed by atoms with Crippen LogP contribution in [0.15, 0.2) is 12.1 Å². The van der Waals surface area contributed by atoms with Crippen molar-refractivity contribution in [2.75, 3.05) is 40.5 Å². The van der Waals surface area contributed by atoms with Crippen molar-refractivity contribution in [2.45, 2.75) is 50.7 Å². The quantitative estimate of drug-likeness (QED) is 0.784. The number of hydrogen-bond donors (Lipinski definition) is 1. The number of aliphatic hydroxyl groups excluding tert-OH is 1. The Hall–Kier alpha value is -1.01. The first kappa shape index (κ1) is 19.7. The van der Waals surface area contributed by atoms with Gasteiger partial charge in [-0.1, -0.05) is 24.4 Å². The molecule has 1 aromatic carbocycles. The predicted molar refractivity (Wildman–Crippen MR) is 104 cm³/mol. The molecule has 0 amide bonds. The van der Waals surface area contributed by atoms with Gasteiger partial charge in [-0.2, -0.15) is 0 Å². The molecule has 6 heteroatoms. The lowest BCUT2D eigenvalue weighted by atomic mass is 10.0. The molecule has 1 aliphatic carbocycles. The molecular formula is C20H31ClN2O3. The number of benzene rings is 1. The molecule has 1 heterocycles. The largest absolute Gasteiger partial charge is 0.493 e. The number of halogens is 1. The second-order valence-corrected chi connectivity index (χ2v) is 7.78. The molecule has 1 saturated carbocycles. The van der Waals surface area contributed by atoms with Gasteiger partial charge >= 0.3 is 0 Å². The van der Waals surface area contributed by atoms with Crippen LogP contribution in [0.3, 0.4) is 0 Å². The van der Waals surface area contributed by atoms with E-state index in [-0.39, 0.29) is 6.61 Å². The van der Waals surface area contributed by atoms with Crippen molar-refractivity contribution in [3.8, 4) is 11.5 Å². The van der Waals surface area contributed by atoms with Crippen LogP contribution in [-0.4, -0.2) is 67.5 Å². The number of methoxy groups -OCH3 is 2. The fraction of sp³-hybridized carbons (Fsp3) is 0.700. The molecule has 2 fully saturated rings. The Balaban J connectivity index is 1.69. The van der Waals surface area contributed by atoms with Gasteiger partial charge in [0.2, 0.25) is 0 Å².